The van der Waals surface area contributed by atoms with E-state index in [1.54, 1.807) is 7.11 Å². The number of hydrogen-bond donors (Lipinski definition) is 0. The second-order valence-corrected chi connectivity index (χ2v) is 6.29. The van der Waals surface area contributed by atoms with Crippen LogP contribution in [0.5, 0.6) is 5.75 Å². The molecule has 1 aliphatic heterocycles. The molecule has 0 amide bonds. The number of nitrogens with zero attached hydrogens (tertiary/aromatic N) is 2. The maximum Gasteiger partial charge on any atom is 0.118 e. The first-order chi connectivity index (χ1) is 9.55. The molecular formula is C17H22N2O. The van der Waals surface area contributed by atoms with Gasteiger partial charge in [-0.2, -0.15) is 5.10 Å². The molecule has 1 aromatic heterocycles. The first-order valence-corrected chi connectivity index (χ1v) is 7.27. The van der Waals surface area contributed by atoms with Gasteiger partial charge in [-0.15, -0.1) is 0 Å². The van der Waals surface area contributed by atoms with Gasteiger partial charge in [0.2, 0.25) is 0 Å². The summed E-state index contributed by atoms with van der Waals surface area (Å²) in [6.45, 7) is 7.95. The zero-order valence-corrected chi connectivity index (χ0v) is 12.7. The molecule has 0 fully saturated rings. The summed E-state index contributed by atoms with van der Waals surface area (Å²) in [6.07, 6.45) is 1.17. The van der Waals surface area contributed by atoms with E-state index in [0.29, 0.717) is 11.3 Å². The molecule has 0 radical (unpaired) electrons. The van der Waals surface area contributed by atoms with Crippen LogP contribution in [0.4, 0.5) is 0 Å². The maximum absolute atomic E-state index is 5.20. The normalized spacial score (nSPS) is 19.9. The van der Waals surface area contributed by atoms with E-state index in [4.69, 9.17) is 9.84 Å². The number of ether oxygens (including phenoxy) is 1. The van der Waals surface area contributed by atoms with E-state index in [0.717, 1.165) is 23.6 Å². The molecule has 1 atom stereocenters. The zero-order valence-electron chi connectivity index (χ0n) is 12.7. The number of hydrogen-bond acceptors (Lipinski definition) is 2. The van der Waals surface area contributed by atoms with Crippen LogP contribution in [0.3, 0.4) is 0 Å². The lowest BCUT2D eigenvalue weighted by Gasteiger charge is -2.24. The zero-order chi connectivity index (χ0) is 14.3. The van der Waals surface area contributed by atoms with Crippen molar-refractivity contribution >= 4 is 0 Å². The highest BCUT2D eigenvalue weighted by Crippen LogP contribution is 2.45. The van der Waals surface area contributed by atoms with E-state index in [1.807, 2.05) is 12.1 Å². The van der Waals surface area contributed by atoms with E-state index >= 15 is 0 Å². The molecule has 1 unspecified atom stereocenters. The summed E-state index contributed by atoms with van der Waals surface area (Å²) >= 11 is 0. The van der Waals surface area contributed by atoms with Gasteiger partial charge in [-0.05, 0) is 42.2 Å². The Morgan fingerprint density at radius 3 is 2.60 bits per heavy atom. The summed E-state index contributed by atoms with van der Waals surface area (Å²) in [6, 6.07) is 10.4. The summed E-state index contributed by atoms with van der Waals surface area (Å²) in [5.74, 6) is 1.48. The molecule has 1 aliphatic rings. The van der Waals surface area contributed by atoms with Crippen LogP contribution in [-0.2, 0) is 6.54 Å². The molecule has 0 aliphatic carbocycles. The molecule has 2 aromatic rings. The number of rotatable bonds is 3. The average molecular weight is 270 g/mol. The molecule has 20 heavy (non-hydrogen) atoms. The van der Waals surface area contributed by atoms with Gasteiger partial charge in [0.15, 0.2) is 0 Å². The lowest BCUT2D eigenvalue weighted by atomic mass is 9.78. The van der Waals surface area contributed by atoms with Gasteiger partial charge >= 0.3 is 0 Å². The van der Waals surface area contributed by atoms with E-state index in [1.165, 1.54) is 12.1 Å². The highest BCUT2D eigenvalue weighted by atomic mass is 16.5. The molecule has 3 heteroatoms. The average Bonchev–Trinajstić information content (AvgIpc) is 2.92. The van der Waals surface area contributed by atoms with Gasteiger partial charge in [-0.25, -0.2) is 0 Å². The minimum atomic E-state index is 0.315. The molecule has 0 saturated carbocycles. The van der Waals surface area contributed by atoms with Crippen molar-refractivity contribution in [2.24, 2.45) is 5.41 Å². The molecule has 3 rings (SSSR count). The summed E-state index contributed by atoms with van der Waals surface area (Å²) in [7, 11) is 1.69. The predicted octanol–water partition coefficient (Wildman–Crippen LogP) is 4.09. The third-order valence-electron chi connectivity index (χ3n) is 4.46. The maximum atomic E-state index is 5.20. The summed E-state index contributed by atoms with van der Waals surface area (Å²) in [5.41, 5.74) is 3.91. The fraction of sp³-hybridized carbons (Fsp3) is 0.471. The van der Waals surface area contributed by atoms with Crippen molar-refractivity contribution in [2.75, 3.05) is 7.11 Å². The third-order valence-corrected chi connectivity index (χ3v) is 4.46. The number of benzene rings is 1. The first-order valence-electron chi connectivity index (χ1n) is 7.27. The van der Waals surface area contributed by atoms with Crippen LogP contribution < -0.4 is 4.74 Å². The van der Waals surface area contributed by atoms with Gasteiger partial charge in [0, 0.05) is 23.7 Å². The van der Waals surface area contributed by atoms with Crippen LogP contribution in [0, 0.1) is 5.41 Å². The molecule has 0 bridgehead atoms. The lowest BCUT2D eigenvalue weighted by molar-refractivity contribution is 0.282. The van der Waals surface area contributed by atoms with E-state index in [9.17, 15) is 0 Å². The van der Waals surface area contributed by atoms with Crippen LogP contribution in [-0.4, -0.2) is 16.9 Å². The van der Waals surface area contributed by atoms with Crippen LogP contribution in [0.2, 0.25) is 0 Å². The van der Waals surface area contributed by atoms with Gasteiger partial charge in [-0.1, -0.05) is 20.8 Å². The Labute approximate surface area is 120 Å². The number of fused-ring (bicyclic) bond motifs is 1. The Kier molecular flexibility index (Phi) is 3.08. The van der Waals surface area contributed by atoms with Crippen LogP contribution >= 0.6 is 0 Å². The molecule has 3 nitrogen and oxygen atoms in total. The molecule has 106 valence electrons. The smallest absolute Gasteiger partial charge is 0.118 e. The lowest BCUT2D eigenvalue weighted by Crippen LogP contribution is -2.18. The van der Waals surface area contributed by atoms with Gasteiger partial charge in [0.05, 0.1) is 12.8 Å². The number of aromatic nitrogens is 2. The van der Waals surface area contributed by atoms with Gasteiger partial charge in [0.1, 0.15) is 5.75 Å². The molecule has 0 saturated heterocycles. The third kappa shape index (κ3) is 2.01. The highest BCUT2D eigenvalue weighted by Gasteiger charge is 2.39. The minimum Gasteiger partial charge on any atom is -0.497 e. The second-order valence-electron chi connectivity index (χ2n) is 6.29. The topological polar surface area (TPSA) is 27.1 Å². The Bertz CT molecular complexity index is 610. The Morgan fingerprint density at radius 2 is 2.00 bits per heavy atom. The second kappa shape index (κ2) is 4.65. The highest BCUT2D eigenvalue weighted by molar-refractivity contribution is 5.61. The van der Waals surface area contributed by atoms with Gasteiger partial charge in [0.25, 0.3) is 0 Å². The van der Waals surface area contributed by atoms with Crippen LogP contribution in [0.1, 0.15) is 38.8 Å². The Balaban J connectivity index is 1.95. The molecule has 1 aromatic carbocycles. The van der Waals surface area contributed by atoms with Crippen LogP contribution in [0.15, 0.2) is 30.3 Å². The van der Waals surface area contributed by atoms with Gasteiger partial charge < -0.3 is 4.74 Å². The fourth-order valence-electron chi connectivity index (χ4n) is 3.40. The van der Waals surface area contributed by atoms with E-state index < -0.39 is 0 Å². The molecular weight excluding hydrogens is 248 g/mol. The van der Waals surface area contributed by atoms with Crippen molar-refractivity contribution in [2.45, 2.75) is 39.7 Å². The quantitative estimate of drug-likeness (QED) is 0.840. The van der Waals surface area contributed by atoms with Crippen molar-refractivity contribution < 1.29 is 4.74 Å². The summed E-state index contributed by atoms with van der Waals surface area (Å²) in [4.78, 5) is 0. The molecule has 2 heterocycles. The molecule has 0 N–H and O–H groups in total. The van der Waals surface area contributed by atoms with E-state index in [-0.39, 0.29) is 0 Å². The summed E-state index contributed by atoms with van der Waals surface area (Å²) < 4.78 is 7.39. The monoisotopic (exact) mass is 270 g/mol. The Hall–Kier alpha value is -1.77. The first kappa shape index (κ1) is 13.2. The summed E-state index contributed by atoms with van der Waals surface area (Å²) in [5, 5.41) is 4.79. The van der Waals surface area contributed by atoms with Crippen molar-refractivity contribution in [1.29, 1.82) is 0 Å². The SMILES string of the molecule is CCC1c2cc(-c3ccc(OC)cc3)nn2CC1(C)C. The minimum absolute atomic E-state index is 0.315. The Morgan fingerprint density at radius 1 is 1.30 bits per heavy atom. The number of methoxy groups -OCH3 is 1. The van der Waals surface area contributed by atoms with Crippen LogP contribution in [0.25, 0.3) is 11.3 Å². The fourth-order valence-corrected chi connectivity index (χ4v) is 3.40. The van der Waals surface area contributed by atoms with Crippen molar-refractivity contribution in [3.05, 3.63) is 36.0 Å². The van der Waals surface area contributed by atoms with Crippen molar-refractivity contribution in [3.63, 3.8) is 0 Å². The van der Waals surface area contributed by atoms with Gasteiger partial charge in [-0.3, -0.25) is 4.68 Å². The van der Waals surface area contributed by atoms with E-state index in [2.05, 4.69) is 43.7 Å². The van der Waals surface area contributed by atoms with Crippen molar-refractivity contribution in [3.8, 4) is 17.0 Å². The standard InChI is InChI=1S/C17H22N2O/c1-5-14-16-10-15(18-19(16)11-17(14,2)3)12-6-8-13(20-4)9-7-12/h6-10,14H,5,11H2,1-4H3. The van der Waals surface area contributed by atoms with Crippen molar-refractivity contribution in [1.82, 2.24) is 9.78 Å². The predicted molar refractivity (Wildman–Crippen MR) is 81.0 cm³/mol. The largest absolute Gasteiger partial charge is 0.497 e. The molecule has 0 spiro atoms.